The number of hydrogen-bond donors (Lipinski definition) is 2. The van der Waals surface area contributed by atoms with Crippen LogP contribution in [0.3, 0.4) is 0 Å². The third kappa shape index (κ3) is 5.00. The normalized spacial score (nSPS) is 10.4. The number of carbonyl (C=O) groups is 1. The summed E-state index contributed by atoms with van der Waals surface area (Å²) in [5, 5.41) is 2.84. The first-order valence-electron chi connectivity index (χ1n) is 6.96. The SMILES string of the molecule is NCc1ccc(CC(=O)NCCc2cccc(F)c2)cc1. The first-order valence-corrected chi connectivity index (χ1v) is 6.96. The van der Waals surface area contributed by atoms with E-state index in [1.807, 2.05) is 30.3 Å². The zero-order chi connectivity index (χ0) is 15.1. The minimum absolute atomic E-state index is 0.0353. The maximum absolute atomic E-state index is 13.0. The number of hydrogen-bond acceptors (Lipinski definition) is 2. The van der Waals surface area contributed by atoms with Crippen LogP contribution in [0.15, 0.2) is 48.5 Å². The fraction of sp³-hybridized carbons (Fsp3) is 0.235. The van der Waals surface area contributed by atoms with Gasteiger partial charge < -0.3 is 11.1 Å². The highest BCUT2D eigenvalue weighted by Gasteiger charge is 2.03. The molecule has 0 atom stereocenters. The van der Waals surface area contributed by atoms with Crippen molar-refractivity contribution in [1.82, 2.24) is 5.32 Å². The van der Waals surface area contributed by atoms with Gasteiger partial charge >= 0.3 is 0 Å². The fourth-order valence-electron chi connectivity index (χ4n) is 2.08. The van der Waals surface area contributed by atoms with Crippen LogP contribution in [-0.4, -0.2) is 12.5 Å². The van der Waals surface area contributed by atoms with Gasteiger partial charge in [0.15, 0.2) is 0 Å². The lowest BCUT2D eigenvalue weighted by Crippen LogP contribution is -2.27. The predicted molar refractivity (Wildman–Crippen MR) is 81.2 cm³/mol. The van der Waals surface area contributed by atoms with E-state index in [4.69, 9.17) is 5.73 Å². The highest BCUT2D eigenvalue weighted by atomic mass is 19.1. The Bertz CT molecular complexity index is 596. The average molecular weight is 286 g/mol. The van der Waals surface area contributed by atoms with Crippen molar-refractivity contribution in [3.05, 3.63) is 71.0 Å². The van der Waals surface area contributed by atoms with Crippen LogP contribution in [0.1, 0.15) is 16.7 Å². The zero-order valence-corrected chi connectivity index (χ0v) is 11.8. The first-order chi connectivity index (χ1) is 10.2. The Balaban J connectivity index is 1.76. The molecule has 2 aromatic rings. The Morgan fingerprint density at radius 1 is 1.05 bits per heavy atom. The number of nitrogens with one attached hydrogen (secondary N) is 1. The summed E-state index contributed by atoms with van der Waals surface area (Å²) in [6.45, 7) is 1.00. The number of nitrogens with two attached hydrogens (primary N) is 1. The number of carbonyl (C=O) groups excluding carboxylic acids is 1. The van der Waals surface area contributed by atoms with Crippen molar-refractivity contribution in [3.63, 3.8) is 0 Å². The molecule has 1 amide bonds. The molecule has 0 spiro atoms. The molecule has 110 valence electrons. The van der Waals surface area contributed by atoms with Crippen molar-refractivity contribution in [3.8, 4) is 0 Å². The minimum Gasteiger partial charge on any atom is -0.355 e. The van der Waals surface area contributed by atoms with Crippen LogP contribution in [0.5, 0.6) is 0 Å². The standard InChI is InChI=1S/C17H19FN2O/c18-16-3-1-2-13(10-16)8-9-20-17(21)11-14-4-6-15(12-19)7-5-14/h1-7,10H,8-9,11-12,19H2,(H,20,21). The molecule has 3 nitrogen and oxygen atoms in total. The van der Waals surface area contributed by atoms with Crippen molar-refractivity contribution in [1.29, 1.82) is 0 Å². The Labute approximate surface area is 124 Å². The molecule has 2 rings (SSSR count). The molecule has 2 aromatic carbocycles. The van der Waals surface area contributed by atoms with Crippen molar-refractivity contribution in [2.75, 3.05) is 6.54 Å². The van der Waals surface area contributed by atoms with E-state index in [1.165, 1.54) is 12.1 Å². The van der Waals surface area contributed by atoms with Crippen molar-refractivity contribution in [2.45, 2.75) is 19.4 Å². The Hall–Kier alpha value is -2.20. The summed E-state index contributed by atoms with van der Waals surface area (Å²) >= 11 is 0. The number of amides is 1. The third-order valence-electron chi connectivity index (χ3n) is 3.25. The maximum atomic E-state index is 13.0. The van der Waals surface area contributed by atoms with Gasteiger partial charge in [0.1, 0.15) is 5.82 Å². The summed E-state index contributed by atoms with van der Waals surface area (Å²) in [7, 11) is 0. The van der Waals surface area contributed by atoms with E-state index in [0.717, 1.165) is 16.7 Å². The van der Waals surface area contributed by atoms with E-state index in [-0.39, 0.29) is 11.7 Å². The van der Waals surface area contributed by atoms with Gasteiger partial charge in [0, 0.05) is 13.1 Å². The smallest absolute Gasteiger partial charge is 0.224 e. The van der Waals surface area contributed by atoms with E-state index in [0.29, 0.717) is 25.9 Å². The summed E-state index contributed by atoms with van der Waals surface area (Å²) in [5.74, 6) is -0.286. The zero-order valence-electron chi connectivity index (χ0n) is 11.8. The van der Waals surface area contributed by atoms with Crippen LogP contribution >= 0.6 is 0 Å². The first kappa shape index (κ1) is 15.2. The summed E-state index contributed by atoms with van der Waals surface area (Å²) in [6.07, 6.45) is 0.962. The summed E-state index contributed by atoms with van der Waals surface area (Å²) < 4.78 is 13.0. The maximum Gasteiger partial charge on any atom is 0.224 e. The van der Waals surface area contributed by atoms with Crippen LogP contribution in [0.25, 0.3) is 0 Å². The van der Waals surface area contributed by atoms with Gasteiger partial charge in [-0.3, -0.25) is 4.79 Å². The van der Waals surface area contributed by atoms with Gasteiger partial charge in [-0.25, -0.2) is 4.39 Å². The van der Waals surface area contributed by atoms with Gasteiger partial charge in [-0.15, -0.1) is 0 Å². The topological polar surface area (TPSA) is 55.1 Å². The lowest BCUT2D eigenvalue weighted by Gasteiger charge is -2.06. The van der Waals surface area contributed by atoms with Crippen LogP contribution in [0.4, 0.5) is 4.39 Å². The molecular weight excluding hydrogens is 267 g/mol. The third-order valence-corrected chi connectivity index (χ3v) is 3.25. The molecule has 0 radical (unpaired) electrons. The Kier molecular flexibility index (Phi) is 5.46. The highest BCUT2D eigenvalue weighted by Crippen LogP contribution is 2.05. The van der Waals surface area contributed by atoms with Gasteiger partial charge in [-0.2, -0.15) is 0 Å². The second-order valence-corrected chi connectivity index (χ2v) is 4.93. The fourth-order valence-corrected chi connectivity index (χ4v) is 2.08. The molecule has 0 saturated carbocycles. The lowest BCUT2D eigenvalue weighted by molar-refractivity contribution is -0.120. The monoisotopic (exact) mass is 286 g/mol. The van der Waals surface area contributed by atoms with Crippen molar-refractivity contribution >= 4 is 5.91 Å². The van der Waals surface area contributed by atoms with Crippen LogP contribution < -0.4 is 11.1 Å². The molecule has 21 heavy (non-hydrogen) atoms. The van der Waals surface area contributed by atoms with Gasteiger partial charge in [0.05, 0.1) is 6.42 Å². The van der Waals surface area contributed by atoms with E-state index < -0.39 is 0 Å². The molecule has 0 aliphatic rings. The van der Waals surface area contributed by atoms with E-state index in [9.17, 15) is 9.18 Å². The molecule has 0 saturated heterocycles. The molecular formula is C17H19FN2O. The minimum atomic E-state index is -0.251. The average Bonchev–Trinajstić information content (AvgIpc) is 2.48. The summed E-state index contributed by atoms with van der Waals surface area (Å²) in [6, 6.07) is 14.1. The second kappa shape index (κ2) is 7.55. The predicted octanol–water partition coefficient (Wildman–Crippen LogP) is 2.19. The number of benzene rings is 2. The van der Waals surface area contributed by atoms with Gasteiger partial charge in [0.25, 0.3) is 0 Å². The highest BCUT2D eigenvalue weighted by molar-refractivity contribution is 5.78. The van der Waals surface area contributed by atoms with Gasteiger partial charge in [-0.1, -0.05) is 36.4 Å². The second-order valence-electron chi connectivity index (χ2n) is 4.93. The Morgan fingerprint density at radius 3 is 2.43 bits per heavy atom. The quantitative estimate of drug-likeness (QED) is 0.855. The lowest BCUT2D eigenvalue weighted by atomic mass is 10.1. The van der Waals surface area contributed by atoms with Crippen molar-refractivity contribution < 1.29 is 9.18 Å². The molecule has 0 aliphatic carbocycles. The largest absolute Gasteiger partial charge is 0.355 e. The summed E-state index contributed by atoms with van der Waals surface area (Å²) in [5.41, 5.74) is 8.40. The molecule has 0 aliphatic heterocycles. The van der Waals surface area contributed by atoms with Crippen molar-refractivity contribution in [2.24, 2.45) is 5.73 Å². The molecule has 0 aromatic heterocycles. The van der Waals surface area contributed by atoms with Gasteiger partial charge in [-0.05, 0) is 35.2 Å². The van der Waals surface area contributed by atoms with E-state index in [1.54, 1.807) is 6.07 Å². The van der Waals surface area contributed by atoms with E-state index in [2.05, 4.69) is 5.32 Å². The number of halogens is 1. The van der Waals surface area contributed by atoms with Gasteiger partial charge in [0.2, 0.25) is 5.91 Å². The number of rotatable bonds is 6. The van der Waals surface area contributed by atoms with Crippen LogP contribution in [-0.2, 0) is 24.2 Å². The molecule has 0 fully saturated rings. The molecule has 0 unspecified atom stereocenters. The molecule has 4 heteroatoms. The summed E-state index contributed by atoms with van der Waals surface area (Å²) in [4.78, 5) is 11.8. The van der Waals surface area contributed by atoms with E-state index >= 15 is 0 Å². The molecule has 0 bridgehead atoms. The Morgan fingerprint density at radius 2 is 1.76 bits per heavy atom. The van der Waals surface area contributed by atoms with Crippen LogP contribution in [0, 0.1) is 5.82 Å². The molecule has 0 heterocycles. The molecule has 3 N–H and O–H groups in total. The van der Waals surface area contributed by atoms with Crippen LogP contribution in [0.2, 0.25) is 0 Å².